The number of benzene rings is 1. The number of hydrogen-bond donors (Lipinski definition) is 2. The normalized spacial score (nSPS) is 18.2. The second-order valence-corrected chi connectivity index (χ2v) is 6.00. The van der Waals surface area contributed by atoms with Crippen LogP contribution in [0.5, 0.6) is 0 Å². The topological polar surface area (TPSA) is 40.5 Å². The Balaban J connectivity index is 2.70. The summed E-state index contributed by atoms with van der Waals surface area (Å²) in [5.41, 5.74) is 6.98. The van der Waals surface area contributed by atoms with E-state index >= 15 is 0 Å². The highest BCUT2D eigenvalue weighted by atomic mass is 16.5. The van der Waals surface area contributed by atoms with Gasteiger partial charge in [0.1, 0.15) is 0 Å². The number of hydrogen-bond acceptors (Lipinski definition) is 2. The fourth-order valence-corrected chi connectivity index (χ4v) is 3.04. The van der Waals surface area contributed by atoms with E-state index in [1.54, 1.807) is 0 Å². The third-order valence-corrected chi connectivity index (χ3v) is 4.46. The molecule has 2 rings (SSSR count). The molecule has 2 heteroatoms. The van der Waals surface area contributed by atoms with E-state index in [4.69, 9.17) is 0 Å². The maximum Gasteiger partial charge on any atom is 0.178 e. The Hall–Kier alpha value is -1.12. The van der Waals surface area contributed by atoms with Gasteiger partial charge in [-0.05, 0) is 54.9 Å². The van der Waals surface area contributed by atoms with E-state index in [2.05, 4.69) is 27.7 Å². The maximum absolute atomic E-state index is 9.40. The molecule has 1 aromatic carbocycles. The molecule has 0 radical (unpaired) electrons. The zero-order valence-corrected chi connectivity index (χ0v) is 11.8. The van der Waals surface area contributed by atoms with Crippen LogP contribution in [-0.2, 0) is 6.42 Å². The van der Waals surface area contributed by atoms with Gasteiger partial charge < -0.3 is 10.2 Å². The van der Waals surface area contributed by atoms with Crippen LogP contribution in [0.3, 0.4) is 0 Å². The van der Waals surface area contributed by atoms with Crippen molar-refractivity contribution in [1.82, 2.24) is 0 Å². The van der Waals surface area contributed by atoms with Crippen LogP contribution < -0.4 is 0 Å². The summed E-state index contributed by atoms with van der Waals surface area (Å²) in [6.07, 6.45) is -0.382. The van der Waals surface area contributed by atoms with Gasteiger partial charge in [-0.3, -0.25) is 0 Å². The summed E-state index contributed by atoms with van der Waals surface area (Å²) in [6.45, 7) is 10.8. The number of rotatable bonds is 1. The minimum atomic E-state index is -1.39. The number of allylic oxidation sites excluding steroid dienone is 2. The first-order valence-electron chi connectivity index (χ1n) is 6.42. The van der Waals surface area contributed by atoms with Gasteiger partial charge in [-0.15, -0.1) is 0 Å². The molecule has 2 N–H and O–H groups in total. The zero-order valence-electron chi connectivity index (χ0n) is 11.8. The predicted molar refractivity (Wildman–Crippen MR) is 74.1 cm³/mol. The molecule has 0 atom stereocenters. The highest BCUT2D eigenvalue weighted by Crippen LogP contribution is 2.44. The average Bonchev–Trinajstić information content (AvgIpc) is 2.25. The third kappa shape index (κ3) is 1.90. The lowest BCUT2D eigenvalue weighted by Gasteiger charge is -2.35. The van der Waals surface area contributed by atoms with Crippen molar-refractivity contribution >= 4 is 5.57 Å². The summed E-state index contributed by atoms with van der Waals surface area (Å²) >= 11 is 0. The highest BCUT2D eigenvalue weighted by Gasteiger charge is 2.30. The van der Waals surface area contributed by atoms with Crippen molar-refractivity contribution in [3.8, 4) is 0 Å². The van der Waals surface area contributed by atoms with Crippen LogP contribution >= 0.6 is 0 Å². The quantitative estimate of drug-likeness (QED) is 0.746. The summed E-state index contributed by atoms with van der Waals surface area (Å²) in [7, 11) is 0. The Labute approximate surface area is 109 Å². The summed E-state index contributed by atoms with van der Waals surface area (Å²) < 4.78 is 0. The van der Waals surface area contributed by atoms with E-state index in [0.29, 0.717) is 5.56 Å². The number of aliphatic hydroxyl groups is 2. The van der Waals surface area contributed by atoms with Gasteiger partial charge in [-0.2, -0.15) is 0 Å². The Bertz CT molecular complexity index is 522. The van der Waals surface area contributed by atoms with Crippen molar-refractivity contribution in [1.29, 1.82) is 0 Å². The fraction of sp³-hybridized carbons (Fsp3) is 0.500. The van der Waals surface area contributed by atoms with Gasteiger partial charge in [0.05, 0.1) is 0 Å². The summed E-state index contributed by atoms with van der Waals surface area (Å²) in [4.78, 5) is 0. The minimum Gasteiger partial charge on any atom is -0.364 e. The van der Waals surface area contributed by atoms with E-state index in [0.717, 1.165) is 12.0 Å². The molecule has 2 nitrogen and oxygen atoms in total. The van der Waals surface area contributed by atoms with Gasteiger partial charge >= 0.3 is 0 Å². The highest BCUT2D eigenvalue weighted by molar-refractivity contribution is 5.75. The Morgan fingerprint density at radius 3 is 2.28 bits per heavy atom. The molecular formula is C16H22O2. The maximum atomic E-state index is 9.40. The van der Waals surface area contributed by atoms with Gasteiger partial charge in [0.2, 0.25) is 0 Å². The molecule has 0 saturated heterocycles. The first-order chi connectivity index (χ1) is 8.25. The van der Waals surface area contributed by atoms with Crippen LogP contribution in [0.1, 0.15) is 56.2 Å². The van der Waals surface area contributed by atoms with Crippen molar-refractivity contribution < 1.29 is 10.2 Å². The molecule has 0 fully saturated rings. The fourth-order valence-electron chi connectivity index (χ4n) is 3.04. The lowest BCUT2D eigenvalue weighted by atomic mass is 9.69. The van der Waals surface area contributed by atoms with Gasteiger partial charge in [-0.25, -0.2) is 0 Å². The van der Waals surface area contributed by atoms with E-state index in [1.165, 1.54) is 22.3 Å². The summed E-state index contributed by atoms with van der Waals surface area (Å²) in [6, 6.07) is 3.87. The minimum absolute atomic E-state index is 0.183. The monoisotopic (exact) mass is 246 g/mol. The SMILES string of the molecule is CC1=C(C)C(C)(C)Cc2ccc(C(O)O)c(C)c21. The van der Waals surface area contributed by atoms with Crippen molar-refractivity contribution in [3.05, 3.63) is 40.0 Å². The van der Waals surface area contributed by atoms with Gasteiger partial charge in [-0.1, -0.05) is 31.6 Å². The molecule has 0 saturated carbocycles. The molecule has 0 bridgehead atoms. The molecule has 1 aromatic rings. The van der Waals surface area contributed by atoms with E-state index in [1.807, 2.05) is 19.1 Å². The Kier molecular flexibility index (Phi) is 3.12. The van der Waals surface area contributed by atoms with Crippen molar-refractivity contribution in [3.63, 3.8) is 0 Å². The zero-order chi connectivity index (χ0) is 13.7. The molecule has 0 unspecified atom stereocenters. The second kappa shape index (κ2) is 4.22. The standard InChI is InChI=1S/C16H22O2/c1-9-11(3)16(4,5)8-12-6-7-13(15(17)18)10(2)14(9)12/h6-7,15,17-18H,8H2,1-5H3. The van der Waals surface area contributed by atoms with Gasteiger partial charge in [0, 0.05) is 5.56 Å². The van der Waals surface area contributed by atoms with E-state index < -0.39 is 6.29 Å². The smallest absolute Gasteiger partial charge is 0.178 e. The number of aliphatic hydroxyl groups excluding tert-OH is 1. The molecule has 0 spiro atoms. The molecule has 1 aliphatic carbocycles. The lowest BCUT2D eigenvalue weighted by molar-refractivity contribution is -0.0429. The summed E-state index contributed by atoms with van der Waals surface area (Å²) in [5, 5.41) is 18.8. The molecule has 0 aliphatic heterocycles. The second-order valence-electron chi connectivity index (χ2n) is 6.00. The summed E-state index contributed by atoms with van der Waals surface area (Å²) in [5.74, 6) is 0. The van der Waals surface area contributed by atoms with Crippen LogP contribution in [0.25, 0.3) is 5.57 Å². The molecule has 98 valence electrons. The van der Waals surface area contributed by atoms with Crippen LogP contribution in [0.4, 0.5) is 0 Å². The van der Waals surface area contributed by atoms with Gasteiger partial charge in [0.15, 0.2) is 6.29 Å². The lowest BCUT2D eigenvalue weighted by Crippen LogP contribution is -2.23. The van der Waals surface area contributed by atoms with Crippen molar-refractivity contribution in [2.45, 2.75) is 47.3 Å². The average molecular weight is 246 g/mol. The van der Waals surface area contributed by atoms with Crippen LogP contribution in [0.15, 0.2) is 17.7 Å². The number of fused-ring (bicyclic) bond motifs is 1. The third-order valence-electron chi connectivity index (χ3n) is 4.46. The van der Waals surface area contributed by atoms with Crippen LogP contribution in [-0.4, -0.2) is 10.2 Å². The largest absolute Gasteiger partial charge is 0.364 e. The van der Waals surface area contributed by atoms with Crippen LogP contribution in [0, 0.1) is 12.3 Å². The van der Waals surface area contributed by atoms with Gasteiger partial charge in [0.25, 0.3) is 0 Å². The Morgan fingerprint density at radius 1 is 1.11 bits per heavy atom. The first kappa shape index (κ1) is 13.3. The Morgan fingerprint density at radius 2 is 1.72 bits per heavy atom. The van der Waals surface area contributed by atoms with Crippen LogP contribution in [0.2, 0.25) is 0 Å². The predicted octanol–water partition coefficient (Wildman–Crippen LogP) is 3.35. The molecule has 1 aliphatic rings. The van der Waals surface area contributed by atoms with Crippen molar-refractivity contribution in [2.24, 2.45) is 5.41 Å². The van der Waals surface area contributed by atoms with Crippen molar-refractivity contribution in [2.75, 3.05) is 0 Å². The molecular weight excluding hydrogens is 224 g/mol. The molecule has 0 aromatic heterocycles. The molecule has 18 heavy (non-hydrogen) atoms. The molecule has 0 amide bonds. The van der Waals surface area contributed by atoms with E-state index in [-0.39, 0.29) is 5.41 Å². The first-order valence-corrected chi connectivity index (χ1v) is 6.42. The molecule has 0 heterocycles. The van der Waals surface area contributed by atoms with E-state index in [9.17, 15) is 10.2 Å².